The van der Waals surface area contributed by atoms with Gasteiger partial charge in [-0.15, -0.1) is 0 Å². The van der Waals surface area contributed by atoms with Crippen LogP contribution in [0, 0.1) is 6.92 Å². The minimum atomic E-state index is -0.354. The van der Waals surface area contributed by atoms with E-state index in [0.717, 1.165) is 11.3 Å². The minimum Gasteiger partial charge on any atom is -0.365 e. The van der Waals surface area contributed by atoms with Crippen LogP contribution in [0.2, 0.25) is 10.0 Å². The third kappa shape index (κ3) is 5.22. The highest BCUT2D eigenvalue weighted by Crippen LogP contribution is 2.34. The fourth-order valence-electron chi connectivity index (χ4n) is 3.25. The fourth-order valence-corrected chi connectivity index (χ4v) is 3.92. The highest BCUT2D eigenvalue weighted by atomic mass is 35.5. The Labute approximate surface area is 191 Å². The Kier molecular flexibility index (Phi) is 7.18. The zero-order chi connectivity index (χ0) is 21.8. The Bertz CT molecular complexity index is 991. The SMILES string of the molecule is CC(=O)N1CCN(c2c(Cl)cccc2NC(=S)NC(=O)c2ccc(C)c(Cl)c2)CC1. The van der Waals surface area contributed by atoms with E-state index in [9.17, 15) is 9.59 Å². The minimum absolute atomic E-state index is 0.0623. The molecule has 0 aliphatic carbocycles. The number of piperazine rings is 1. The molecule has 0 radical (unpaired) electrons. The number of aryl methyl sites for hydroxylation is 1. The molecule has 0 saturated carbocycles. The molecule has 0 unspecified atom stereocenters. The summed E-state index contributed by atoms with van der Waals surface area (Å²) in [5, 5.41) is 6.98. The first kappa shape index (κ1) is 22.3. The quantitative estimate of drug-likeness (QED) is 0.669. The van der Waals surface area contributed by atoms with Gasteiger partial charge in [0, 0.05) is 43.7 Å². The van der Waals surface area contributed by atoms with E-state index in [1.165, 1.54) is 0 Å². The third-order valence-corrected chi connectivity index (χ3v) is 5.85. The number of amides is 2. The van der Waals surface area contributed by atoms with Gasteiger partial charge in [0.25, 0.3) is 5.91 Å². The summed E-state index contributed by atoms with van der Waals surface area (Å²) >= 11 is 17.9. The van der Waals surface area contributed by atoms with Gasteiger partial charge in [-0.3, -0.25) is 14.9 Å². The number of anilines is 2. The first-order chi connectivity index (χ1) is 14.3. The van der Waals surface area contributed by atoms with Gasteiger partial charge in [0.1, 0.15) is 0 Å². The van der Waals surface area contributed by atoms with Crippen LogP contribution in [0.3, 0.4) is 0 Å². The average molecular weight is 465 g/mol. The molecule has 6 nitrogen and oxygen atoms in total. The Morgan fingerprint density at radius 3 is 2.37 bits per heavy atom. The van der Waals surface area contributed by atoms with Gasteiger partial charge in [0.15, 0.2) is 5.11 Å². The third-order valence-electron chi connectivity index (χ3n) is 4.94. The number of carbonyl (C=O) groups is 2. The second kappa shape index (κ2) is 9.64. The Morgan fingerprint density at radius 2 is 1.73 bits per heavy atom. The van der Waals surface area contributed by atoms with E-state index in [-0.39, 0.29) is 16.9 Å². The number of para-hydroxylation sites is 1. The standard InChI is InChI=1S/C21H22Cl2N4O2S/c1-13-6-7-15(12-17(13)23)20(29)25-21(30)24-18-5-3-4-16(22)19(18)27-10-8-26(9-11-27)14(2)28/h3-7,12H,8-11H2,1-2H3,(H2,24,25,29,30). The predicted octanol–water partition coefficient (Wildman–Crippen LogP) is 4.10. The molecule has 2 aromatic rings. The number of nitrogens with zero attached hydrogens (tertiary/aromatic N) is 2. The van der Waals surface area contributed by atoms with Gasteiger partial charge in [-0.25, -0.2) is 0 Å². The Balaban J connectivity index is 1.71. The lowest BCUT2D eigenvalue weighted by molar-refractivity contribution is -0.129. The zero-order valence-corrected chi connectivity index (χ0v) is 19.0. The first-order valence-corrected chi connectivity index (χ1v) is 10.6. The Morgan fingerprint density at radius 1 is 1.03 bits per heavy atom. The van der Waals surface area contributed by atoms with Crippen molar-refractivity contribution < 1.29 is 9.59 Å². The van der Waals surface area contributed by atoms with E-state index in [1.807, 2.05) is 19.1 Å². The maximum absolute atomic E-state index is 12.5. The highest BCUT2D eigenvalue weighted by molar-refractivity contribution is 7.80. The van der Waals surface area contributed by atoms with Crippen molar-refractivity contribution >= 4 is 63.7 Å². The van der Waals surface area contributed by atoms with E-state index in [2.05, 4.69) is 15.5 Å². The lowest BCUT2D eigenvalue weighted by Gasteiger charge is -2.37. The lowest BCUT2D eigenvalue weighted by Crippen LogP contribution is -2.48. The lowest BCUT2D eigenvalue weighted by atomic mass is 10.1. The van der Waals surface area contributed by atoms with Gasteiger partial charge in [0.05, 0.1) is 16.4 Å². The van der Waals surface area contributed by atoms with Gasteiger partial charge in [0.2, 0.25) is 5.91 Å². The number of hydrogen-bond acceptors (Lipinski definition) is 4. The summed E-state index contributed by atoms with van der Waals surface area (Å²) in [7, 11) is 0. The van der Waals surface area contributed by atoms with E-state index in [4.69, 9.17) is 35.4 Å². The molecule has 1 heterocycles. The number of halogens is 2. The Hall–Kier alpha value is -2.35. The number of benzene rings is 2. The van der Waals surface area contributed by atoms with E-state index < -0.39 is 0 Å². The number of carbonyl (C=O) groups excluding carboxylic acids is 2. The van der Waals surface area contributed by atoms with Crippen LogP contribution in [0.15, 0.2) is 36.4 Å². The molecule has 1 saturated heterocycles. The maximum atomic E-state index is 12.5. The summed E-state index contributed by atoms with van der Waals surface area (Å²) in [6.07, 6.45) is 0. The molecule has 3 rings (SSSR count). The van der Waals surface area contributed by atoms with Crippen molar-refractivity contribution in [1.29, 1.82) is 0 Å². The van der Waals surface area contributed by atoms with Crippen molar-refractivity contribution in [3.8, 4) is 0 Å². The van der Waals surface area contributed by atoms with E-state index in [0.29, 0.717) is 47.5 Å². The topological polar surface area (TPSA) is 64.7 Å². The molecule has 0 aromatic heterocycles. The van der Waals surface area contributed by atoms with Crippen molar-refractivity contribution in [3.05, 3.63) is 57.6 Å². The molecule has 9 heteroatoms. The fraction of sp³-hybridized carbons (Fsp3) is 0.286. The van der Waals surface area contributed by atoms with Crippen molar-refractivity contribution in [3.63, 3.8) is 0 Å². The summed E-state index contributed by atoms with van der Waals surface area (Å²) < 4.78 is 0. The normalized spacial score (nSPS) is 13.7. The molecule has 1 aliphatic rings. The van der Waals surface area contributed by atoms with Crippen molar-refractivity contribution in [2.45, 2.75) is 13.8 Å². The molecule has 2 amide bonds. The maximum Gasteiger partial charge on any atom is 0.257 e. The number of thiocarbonyl (C=S) groups is 1. The predicted molar refractivity (Wildman–Crippen MR) is 126 cm³/mol. The molecule has 0 atom stereocenters. The van der Waals surface area contributed by atoms with E-state index in [1.54, 1.807) is 36.1 Å². The smallest absolute Gasteiger partial charge is 0.257 e. The molecule has 0 spiro atoms. The largest absolute Gasteiger partial charge is 0.365 e. The van der Waals surface area contributed by atoms with Crippen LogP contribution in [-0.2, 0) is 4.79 Å². The van der Waals surface area contributed by atoms with Crippen LogP contribution in [0.25, 0.3) is 0 Å². The summed E-state index contributed by atoms with van der Waals surface area (Å²) in [6, 6.07) is 10.5. The van der Waals surface area contributed by atoms with Gasteiger partial charge < -0.3 is 15.1 Å². The molecule has 2 aromatic carbocycles. The molecular formula is C21H22Cl2N4O2S. The highest BCUT2D eigenvalue weighted by Gasteiger charge is 2.23. The zero-order valence-electron chi connectivity index (χ0n) is 16.7. The molecule has 0 bridgehead atoms. The second-order valence-electron chi connectivity index (χ2n) is 7.00. The average Bonchev–Trinajstić information content (AvgIpc) is 2.70. The van der Waals surface area contributed by atoms with Crippen LogP contribution >= 0.6 is 35.4 Å². The monoisotopic (exact) mass is 464 g/mol. The van der Waals surface area contributed by atoms with Crippen molar-refractivity contribution in [1.82, 2.24) is 10.2 Å². The van der Waals surface area contributed by atoms with E-state index >= 15 is 0 Å². The summed E-state index contributed by atoms with van der Waals surface area (Å²) in [5.41, 5.74) is 2.78. The van der Waals surface area contributed by atoms with Crippen LogP contribution in [0.4, 0.5) is 11.4 Å². The summed E-state index contributed by atoms with van der Waals surface area (Å²) in [6.45, 7) is 5.98. The molecule has 158 valence electrons. The van der Waals surface area contributed by atoms with Crippen LogP contribution in [-0.4, -0.2) is 48.0 Å². The molecule has 1 fully saturated rings. The van der Waals surface area contributed by atoms with Crippen molar-refractivity contribution in [2.75, 3.05) is 36.4 Å². The van der Waals surface area contributed by atoms with Gasteiger partial charge in [-0.1, -0.05) is 35.3 Å². The molecule has 30 heavy (non-hydrogen) atoms. The summed E-state index contributed by atoms with van der Waals surface area (Å²) in [5.74, 6) is -0.291. The van der Waals surface area contributed by atoms with Crippen LogP contribution in [0.5, 0.6) is 0 Å². The molecule has 2 N–H and O–H groups in total. The second-order valence-corrected chi connectivity index (χ2v) is 8.22. The summed E-state index contributed by atoms with van der Waals surface area (Å²) in [4.78, 5) is 28.0. The van der Waals surface area contributed by atoms with Crippen molar-refractivity contribution in [2.24, 2.45) is 0 Å². The number of hydrogen-bond donors (Lipinski definition) is 2. The number of rotatable bonds is 3. The molecular weight excluding hydrogens is 443 g/mol. The van der Waals surface area contributed by atoms with Gasteiger partial charge in [-0.05, 0) is 49.0 Å². The molecule has 1 aliphatic heterocycles. The van der Waals surface area contributed by atoms with Crippen LogP contribution in [0.1, 0.15) is 22.8 Å². The number of nitrogens with one attached hydrogen (secondary N) is 2. The van der Waals surface area contributed by atoms with Crippen LogP contribution < -0.4 is 15.5 Å². The van der Waals surface area contributed by atoms with Gasteiger partial charge >= 0.3 is 0 Å². The van der Waals surface area contributed by atoms with Gasteiger partial charge in [-0.2, -0.15) is 0 Å². The first-order valence-electron chi connectivity index (χ1n) is 9.43.